The predicted octanol–water partition coefficient (Wildman–Crippen LogP) is 4.15. The Morgan fingerprint density at radius 1 is 1.35 bits per heavy atom. The van der Waals surface area contributed by atoms with E-state index in [1.165, 1.54) is 25.7 Å². The van der Waals surface area contributed by atoms with Crippen molar-refractivity contribution in [1.29, 1.82) is 5.26 Å². The molecule has 3 rings (SSSR count). The third-order valence-electron chi connectivity index (χ3n) is 5.14. The fourth-order valence-corrected chi connectivity index (χ4v) is 4.74. The molecule has 3 unspecified atom stereocenters. The highest BCUT2D eigenvalue weighted by molar-refractivity contribution is 7.98. The van der Waals surface area contributed by atoms with Crippen LogP contribution in [0.5, 0.6) is 0 Å². The number of thioether (sulfide) groups is 1. The van der Waals surface area contributed by atoms with Gasteiger partial charge in [-0.15, -0.1) is 11.8 Å². The fourth-order valence-electron chi connectivity index (χ4n) is 4.17. The Morgan fingerprint density at radius 2 is 2.20 bits per heavy atom. The van der Waals surface area contributed by atoms with Crippen LogP contribution in [0.25, 0.3) is 0 Å². The van der Waals surface area contributed by atoms with Gasteiger partial charge in [0.05, 0.1) is 11.3 Å². The van der Waals surface area contributed by atoms with Gasteiger partial charge in [-0.05, 0) is 55.4 Å². The lowest BCUT2D eigenvalue weighted by Crippen LogP contribution is -2.29. The molecule has 106 valence electrons. The van der Waals surface area contributed by atoms with E-state index in [2.05, 4.69) is 30.1 Å². The Balaban J connectivity index is 1.77. The molecule has 0 N–H and O–H groups in total. The van der Waals surface area contributed by atoms with Crippen molar-refractivity contribution in [3.05, 3.63) is 23.8 Å². The van der Waals surface area contributed by atoms with E-state index < -0.39 is 0 Å². The van der Waals surface area contributed by atoms with E-state index in [1.54, 1.807) is 11.8 Å². The molecule has 2 aliphatic carbocycles. The third-order valence-corrected chi connectivity index (χ3v) is 5.92. The zero-order valence-electron chi connectivity index (χ0n) is 12.3. The van der Waals surface area contributed by atoms with Crippen LogP contribution < -0.4 is 4.90 Å². The van der Waals surface area contributed by atoms with Crippen LogP contribution in [-0.2, 0) is 0 Å². The smallest absolute Gasteiger partial charge is 0.102 e. The molecule has 0 heterocycles. The first kappa shape index (κ1) is 13.8. The highest BCUT2D eigenvalue weighted by Gasteiger charge is 2.39. The summed E-state index contributed by atoms with van der Waals surface area (Å²) < 4.78 is 0. The van der Waals surface area contributed by atoms with Crippen molar-refractivity contribution >= 4 is 17.4 Å². The quantitative estimate of drug-likeness (QED) is 0.778. The second-order valence-corrected chi connectivity index (χ2v) is 7.13. The van der Waals surface area contributed by atoms with Gasteiger partial charge in [0.25, 0.3) is 0 Å². The Labute approximate surface area is 126 Å². The normalized spacial score (nSPS) is 27.6. The molecule has 2 fully saturated rings. The number of hydrogen-bond acceptors (Lipinski definition) is 3. The molecule has 0 radical (unpaired) electrons. The van der Waals surface area contributed by atoms with Crippen LogP contribution in [0.2, 0.25) is 0 Å². The number of benzene rings is 1. The van der Waals surface area contributed by atoms with E-state index in [9.17, 15) is 5.26 Å². The van der Waals surface area contributed by atoms with Crippen molar-refractivity contribution in [1.82, 2.24) is 0 Å². The summed E-state index contributed by atoms with van der Waals surface area (Å²) in [5, 5.41) is 9.46. The maximum absolute atomic E-state index is 9.46. The molecule has 0 aromatic heterocycles. The van der Waals surface area contributed by atoms with Gasteiger partial charge in [0, 0.05) is 18.5 Å². The number of anilines is 1. The van der Waals surface area contributed by atoms with Gasteiger partial charge in [0.1, 0.15) is 6.07 Å². The van der Waals surface area contributed by atoms with Crippen molar-refractivity contribution in [3.63, 3.8) is 0 Å². The lowest BCUT2D eigenvalue weighted by atomic mass is 9.88. The van der Waals surface area contributed by atoms with Gasteiger partial charge in [-0.1, -0.05) is 12.5 Å². The Hall–Kier alpha value is -1.14. The van der Waals surface area contributed by atoms with Gasteiger partial charge < -0.3 is 4.90 Å². The SMILES string of the molecule is CSc1cccc(N(C)CC2CC3CCC2C3)c1C#N. The van der Waals surface area contributed by atoms with Crippen molar-refractivity contribution in [2.75, 3.05) is 24.7 Å². The van der Waals surface area contributed by atoms with Crippen LogP contribution in [0.4, 0.5) is 5.69 Å². The Bertz CT molecular complexity index is 534. The van der Waals surface area contributed by atoms with Crippen LogP contribution in [0, 0.1) is 29.1 Å². The average Bonchev–Trinajstić information content (AvgIpc) is 3.08. The molecule has 3 atom stereocenters. The lowest BCUT2D eigenvalue weighted by Gasteiger charge is -2.29. The maximum atomic E-state index is 9.46. The van der Waals surface area contributed by atoms with Crippen LogP contribution >= 0.6 is 11.8 Å². The second-order valence-electron chi connectivity index (χ2n) is 6.28. The zero-order chi connectivity index (χ0) is 14.1. The van der Waals surface area contributed by atoms with Crippen LogP contribution in [0.15, 0.2) is 23.1 Å². The molecule has 0 aliphatic heterocycles. The molecule has 1 aromatic carbocycles. The lowest BCUT2D eigenvalue weighted by molar-refractivity contribution is 0.337. The van der Waals surface area contributed by atoms with Gasteiger partial charge in [-0.3, -0.25) is 0 Å². The summed E-state index contributed by atoms with van der Waals surface area (Å²) in [5.41, 5.74) is 1.94. The van der Waals surface area contributed by atoms with Crippen LogP contribution in [-0.4, -0.2) is 19.8 Å². The number of fused-ring (bicyclic) bond motifs is 2. The molecule has 2 aliphatic rings. The van der Waals surface area contributed by atoms with Crippen molar-refractivity contribution < 1.29 is 0 Å². The van der Waals surface area contributed by atoms with Crippen LogP contribution in [0.3, 0.4) is 0 Å². The van der Waals surface area contributed by atoms with E-state index in [0.717, 1.165) is 40.4 Å². The molecule has 0 amide bonds. The van der Waals surface area contributed by atoms with Gasteiger partial charge >= 0.3 is 0 Å². The van der Waals surface area contributed by atoms with Gasteiger partial charge in [-0.25, -0.2) is 0 Å². The van der Waals surface area contributed by atoms with Crippen molar-refractivity contribution in [3.8, 4) is 6.07 Å². The predicted molar refractivity (Wildman–Crippen MR) is 85.1 cm³/mol. The van der Waals surface area contributed by atoms with E-state index >= 15 is 0 Å². The number of nitriles is 1. The van der Waals surface area contributed by atoms with E-state index in [-0.39, 0.29) is 0 Å². The molecule has 20 heavy (non-hydrogen) atoms. The van der Waals surface area contributed by atoms with Crippen LogP contribution in [0.1, 0.15) is 31.2 Å². The minimum atomic E-state index is 0.836. The Kier molecular flexibility index (Phi) is 3.94. The number of nitrogens with zero attached hydrogens (tertiary/aromatic N) is 2. The fraction of sp³-hybridized carbons (Fsp3) is 0.588. The summed E-state index contributed by atoms with van der Waals surface area (Å²) in [6.07, 6.45) is 7.78. The molecule has 1 aromatic rings. The minimum Gasteiger partial charge on any atom is -0.373 e. The van der Waals surface area contributed by atoms with E-state index in [4.69, 9.17) is 0 Å². The summed E-state index contributed by atoms with van der Waals surface area (Å²) in [6, 6.07) is 8.59. The largest absolute Gasteiger partial charge is 0.373 e. The average molecular weight is 286 g/mol. The van der Waals surface area contributed by atoms with Crippen molar-refractivity contribution in [2.24, 2.45) is 17.8 Å². The minimum absolute atomic E-state index is 0.836. The molecular formula is C17H22N2S. The second kappa shape index (κ2) is 5.69. The Morgan fingerprint density at radius 3 is 2.80 bits per heavy atom. The zero-order valence-corrected chi connectivity index (χ0v) is 13.1. The summed E-state index contributed by atoms with van der Waals surface area (Å²) in [7, 11) is 2.15. The molecule has 3 heteroatoms. The van der Waals surface area contributed by atoms with E-state index in [0.29, 0.717) is 0 Å². The first-order valence-corrected chi connectivity index (χ1v) is 8.73. The third kappa shape index (κ3) is 2.42. The molecule has 2 saturated carbocycles. The molecular weight excluding hydrogens is 264 g/mol. The van der Waals surface area contributed by atoms with E-state index in [1.807, 2.05) is 12.3 Å². The maximum Gasteiger partial charge on any atom is 0.102 e. The van der Waals surface area contributed by atoms with Gasteiger partial charge in [0.2, 0.25) is 0 Å². The number of hydrogen-bond donors (Lipinski definition) is 0. The summed E-state index contributed by atoms with van der Waals surface area (Å²) in [4.78, 5) is 3.40. The molecule has 0 spiro atoms. The van der Waals surface area contributed by atoms with Crippen molar-refractivity contribution in [2.45, 2.75) is 30.6 Å². The monoisotopic (exact) mass is 286 g/mol. The van der Waals surface area contributed by atoms with Gasteiger partial charge in [-0.2, -0.15) is 5.26 Å². The first-order chi connectivity index (χ1) is 9.72. The molecule has 2 nitrogen and oxygen atoms in total. The highest BCUT2D eigenvalue weighted by atomic mass is 32.2. The molecule has 2 bridgehead atoms. The standard InChI is InChI=1S/C17H22N2S/c1-19(11-14-9-12-6-7-13(14)8-12)16-4-3-5-17(20-2)15(16)10-18/h3-5,12-14H,6-9,11H2,1-2H3. The first-order valence-electron chi connectivity index (χ1n) is 7.51. The topological polar surface area (TPSA) is 27.0 Å². The summed E-state index contributed by atoms with van der Waals surface area (Å²) >= 11 is 1.66. The highest BCUT2D eigenvalue weighted by Crippen LogP contribution is 2.48. The van der Waals surface area contributed by atoms with Gasteiger partial charge in [0.15, 0.2) is 0 Å². The molecule has 0 saturated heterocycles. The number of rotatable bonds is 4. The summed E-state index contributed by atoms with van der Waals surface area (Å²) in [5.74, 6) is 2.77. The summed E-state index contributed by atoms with van der Waals surface area (Å²) in [6.45, 7) is 1.10.